The van der Waals surface area contributed by atoms with Gasteiger partial charge in [0.15, 0.2) is 0 Å². The van der Waals surface area contributed by atoms with Crippen LogP contribution in [0.5, 0.6) is 5.75 Å². The predicted octanol–water partition coefficient (Wildman–Crippen LogP) is 1.60. The highest BCUT2D eigenvalue weighted by atomic mass is 32.2. The van der Waals surface area contributed by atoms with E-state index in [0.717, 1.165) is 10.6 Å². The summed E-state index contributed by atoms with van der Waals surface area (Å²) < 4.78 is 5.91. The molecule has 92 valence electrons. The van der Waals surface area contributed by atoms with Crippen LogP contribution in [0.4, 0.5) is 0 Å². The van der Waals surface area contributed by atoms with Crippen LogP contribution >= 0.6 is 11.8 Å². The van der Waals surface area contributed by atoms with E-state index < -0.39 is 11.6 Å². The van der Waals surface area contributed by atoms with Crippen molar-refractivity contribution in [3.05, 3.63) is 24.3 Å². The first-order valence-corrected chi connectivity index (χ1v) is 6.62. The molecule has 1 fully saturated rings. The summed E-state index contributed by atoms with van der Waals surface area (Å²) in [4.78, 5) is 11.9. The van der Waals surface area contributed by atoms with Crippen LogP contribution in [0, 0.1) is 0 Å². The average molecular weight is 253 g/mol. The first kappa shape index (κ1) is 12.3. The molecule has 0 spiro atoms. The molecule has 1 aliphatic rings. The number of carboxylic acid groups (broad SMARTS) is 1. The number of ether oxygens (including phenoxy) is 1. The molecule has 1 aromatic carbocycles. The van der Waals surface area contributed by atoms with Crippen LogP contribution in [-0.4, -0.2) is 36.0 Å². The number of carbonyl (C=O) groups is 1. The summed E-state index contributed by atoms with van der Waals surface area (Å²) in [5.41, 5.74) is -0.586. The topological polar surface area (TPSA) is 58.6 Å². The highest BCUT2D eigenvalue weighted by Crippen LogP contribution is 2.32. The van der Waals surface area contributed by atoms with Crippen LogP contribution in [0.2, 0.25) is 0 Å². The number of carboxylic acids is 1. The fraction of sp³-hybridized carbons (Fsp3) is 0.417. The zero-order chi connectivity index (χ0) is 12.3. The number of hydrogen-bond acceptors (Lipinski definition) is 4. The van der Waals surface area contributed by atoms with Crippen molar-refractivity contribution < 1.29 is 14.6 Å². The zero-order valence-corrected chi connectivity index (χ0v) is 10.4. The third-order valence-corrected chi connectivity index (χ3v) is 3.54. The summed E-state index contributed by atoms with van der Waals surface area (Å²) >= 11 is 1.60. The van der Waals surface area contributed by atoms with E-state index in [9.17, 15) is 4.79 Å². The fourth-order valence-corrected chi connectivity index (χ4v) is 2.37. The molecule has 0 atom stereocenters. The number of thioether (sulfide) groups is 1. The van der Waals surface area contributed by atoms with Crippen LogP contribution < -0.4 is 10.1 Å². The van der Waals surface area contributed by atoms with Crippen LogP contribution in [-0.2, 0) is 4.79 Å². The van der Waals surface area contributed by atoms with Gasteiger partial charge in [0.1, 0.15) is 11.4 Å². The van der Waals surface area contributed by atoms with Crippen molar-refractivity contribution in [3.8, 4) is 5.75 Å². The first-order valence-electron chi connectivity index (χ1n) is 5.40. The Labute approximate surface area is 104 Å². The van der Waals surface area contributed by atoms with Crippen LogP contribution in [0.3, 0.4) is 0 Å². The molecule has 0 amide bonds. The van der Waals surface area contributed by atoms with Gasteiger partial charge in [0, 0.05) is 18.0 Å². The van der Waals surface area contributed by atoms with Crippen molar-refractivity contribution in [2.45, 2.75) is 16.9 Å². The lowest BCUT2D eigenvalue weighted by atomic mass is 9.92. The van der Waals surface area contributed by atoms with E-state index in [2.05, 4.69) is 5.32 Å². The summed E-state index contributed by atoms with van der Waals surface area (Å²) in [6.07, 6.45) is 2.01. The number of aliphatic carboxylic acids is 1. The van der Waals surface area contributed by atoms with Crippen molar-refractivity contribution in [3.63, 3.8) is 0 Å². The fourth-order valence-electron chi connectivity index (χ4n) is 1.85. The minimum absolute atomic E-state index is 0.0305. The Morgan fingerprint density at radius 2 is 2.24 bits per heavy atom. The van der Waals surface area contributed by atoms with Crippen molar-refractivity contribution in [1.82, 2.24) is 5.32 Å². The van der Waals surface area contributed by atoms with E-state index in [1.54, 1.807) is 11.8 Å². The van der Waals surface area contributed by atoms with Crippen molar-refractivity contribution in [2.24, 2.45) is 0 Å². The minimum atomic E-state index is -0.826. The maximum Gasteiger partial charge on any atom is 0.307 e. The van der Waals surface area contributed by atoms with Gasteiger partial charge in [-0.2, -0.15) is 0 Å². The number of benzene rings is 1. The molecule has 2 N–H and O–H groups in total. The van der Waals surface area contributed by atoms with Gasteiger partial charge in [0.05, 0.1) is 6.42 Å². The molecule has 0 saturated carbocycles. The second kappa shape index (κ2) is 4.98. The lowest BCUT2D eigenvalue weighted by Crippen LogP contribution is -2.64. The lowest BCUT2D eigenvalue weighted by Gasteiger charge is -2.41. The maximum atomic E-state index is 10.8. The average Bonchev–Trinajstić information content (AvgIpc) is 2.26. The van der Waals surface area contributed by atoms with E-state index >= 15 is 0 Å². The van der Waals surface area contributed by atoms with Crippen molar-refractivity contribution >= 4 is 17.7 Å². The molecule has 1 heterocycles. The Hall–Kier alpha value is -1.20. The SMILES string of the molecule is CSc1ccccc1OC1(CC(=O)O)CNC1. The molecular weight excluding hydrogens is 238 g/mol. The number of hydrogen-bond donors (Lipinski definition) is 2. The molecule has 2 rings (SSSR count). The molecule has 0 unspecified atom stereocenters. The molecule has 0 bridgehead atoms. The van der Waals surface area contributed by atoms with E-state index in [0.29, 0.717) is 13.1 Å². The van der Waals surface area contributed by atoms with Gasteiger partial charge in [-0.15, -0.1) is 11.8 Å². The summed E-state index contributed by atoms with van der Waals surface area (Å²) in [7, 11) is 0. The predicted molar refractivity (Wildman–Crippen MR) is 66.7 cm³/mol. The quantitative estimate of drug-likeness (QED) is 0.781. The molecular formula is C12H15NO3S. The molecule has 1 aromatic rings. The third kappa shape index (κ3) is 2.73. The smallest absolute Gasteiger partial charge is 0.307 e. The van der Waals surface area contributed by atoms with Gasteiger partial charge < -0.3 is 15.2 Å². The van der Waals surface area contributed by atoms with Gasteiger partial charge in [-0.3, -0.25) is 4.79 Å². The molecule has 0 radical (unpaired) electrons. The third-order valence-electron chi connectivity index (χ3n) is 2.76. The lowest BCUT2D eigenvalue weighted by molar-refractivity contribution is -0.143. The highest BCUT2D eigenvalue weighted by molar-refractivity contribution is 7.98. The van der Waals surface area contributed by atoms with Gasteiger partial charge in [-0.25, -0.2) is 0 Å². The summed E-state index contributed by atoms with van der Waals surface area (Å²) in [5.74, 6) is -0.0594. The van der Waals surface area contributed by atoms with Crippen LogP contribution in [0.1, 0.15) is 6.42 Å². The molecule has 5 heteroatoms. The van der Waals surface area contributed by atoms with Gasteiger partial charge >= 0.3 is 5.97 Å². The van der Waals surface area contributed by atoms with Gasteiger partial charge in [0.2, 0.25) is 0 Å². The second-order valence-electron chi connectivity index (χ2n) is 4.11. The molecule has 0 aromatic heterocycles. The molecule has 1 aliphatic heterocycles. The van der Waals surface area contributed by atoms with Crippen LogP contribution in [0.25, 0.3) is 0 Å². The zero-order valence-electron chi connectivity index (χ0n) is 9.60. The molecule has 4 nitrogen and oxygen atoms in total. The van der Waals surface area contributed by atoms with Crippen LogP contribution in [0.15, 0.2) is 29.2 Å². The van der Waals surface area contributed by atoms with Gasteiger partial charge in [0.25, 0.3) is 0 Å². The Morgan fingerprint density at radius 3 is 2.76 bits per heavy atom. The monoisotopic (exact) mass is 253 g/mol. The Morgan fingerprint density at radius 1 is 1.53 bits per heavy atom. The molecule has 17 heavy (non-hydrogen) atoms. The Balaban J connectivity index is 2.15. The molecule has 1 saturated heterocycles. The van der Waals surface area contributed by atoms with E-state index in [4.69, 9.17) is 9.84 Å². The van der Waals surface area contributed by atoms with E-state index in [1.807, 2.05) is 30.5 Å². The summed E-state index contributed by atoms with van der Waals surface area (Å²) in [5, 5.41) is 12.0. The summed E-state index contributed by atoms with van der Waals surface area (Å²) in [6, 6.07) is 7.70. The number of nitrogens with one attached hydrogen (secondary N) is 1. The normalized spacial score (nSPS) is 17.2. The maximum absolute atomic E-state index is 10.8. The summed E-state index contributed by atoms with van der Waals surface area (Å²) in [6.45, 7) is 1.17. The standard InChI is InChI=1S/C12H15NO3S/c1-17-10-5-3-2-4-9(10)16-12(6-11(14)15)7-13-8-12/h2-5,13H,6-8H2,1H3,(H,14,15). The Kier molecular flexibility index (Phi) is 3.59. The van der Waals surface area contributed by atoms with Crippen molar-refractivity contribution in [2.75, 3.05) is 19.3 Å². The van der Waals surface area contributed by atoms with Gasteiger partial charge in [-0.05, 0) is 18.4 Å². The largest absolute Gasteiger partial charge is 0.483 e. The second-order valence-corrected chi connectivity index (χ2v) is 4.96. The Bertz CT molecular complexity index is 418. The van der Waals surface area contributed by atoms with E-state index in [-0.39, 0.29) is 6.42 Å². The highest BCUT2D eigenvalue weighted by Gasteiger charge is 2.41. The minimum Gasteiger partial charge on any atom is -0.483 e. The van der Waals surface area contributed by atoms with E-state index in [1.165, 1.54) is 0 Å². The number of rotatable bonds is 5. The van der Waals surface area contributed by atoms with Gasteiger partial charge in [-0.1, -0.05) is 12.1 Å². The number of para-hydroxylation sites is 1. The molecule has 0 aliphatic carbocycles. The first-order chi connectivity index (χ1) is 8.15. The van der Waals surface area contributed by atoms with Crippen molar-refractivity contribution in [1.29, 1.82) is 0 Å².